The van der Waals surface area contributed by atoms with Gasteiger partial charge >= 0.3 is 0 Å². The molecule has 118 valence electrons. The average molecular weight is 340 g/mol. The Bertz CT molecular complexity index is 1100. The van der Waals surface area contributed by atoms with Gasteiger partial charge in [-0.3, -0.25) is 20.2 Å². The van der Waals surface area contributed by atoms with Crippen molar-refractivity contribution in [3.63, 3.8) is 0 Å². The lowest BCUT2D eigenvalue weighted by molar-refractivity contribution is -0.384. The van der Waals surface area contributed by atoms with Gasteiger partial charge in [0.05, 0.1) is 15.1 Å². The van der Waals surface area contributed by atoms with Gasteiger partial charge in [-0.25, -0.2) is 9.97 Å². The summed E-state index contributed by atoms with van der Waals surface area (Å²) in [6.07, 6.45) is 1.31. The predicted molar refractivity (Wildman–Crippen MR) is 88.2 cm³/mol. The second kappa shape index (κ2) is 5.39. The molecule has 0 atom stereocenters. The Morgan fingerprint density at radius 3 is 2.92 bits per heavy atom. The normalized spacial score (nSPS) is 11.0. The topological polar surface area (TPSA) is 111 Å². The highest BCUT2D eigenvalue weighted by molar-refractivity contribution is 7.22. The van der Waals surface area contributed by atoms with E-state index < -0.39 is 4.92 Å². The Balaban J connectivity index is 1.62. The smallest absolute Gasteiger partial charge is 0.270 e. The molecule has 0 unspecified atom stereocenters. The summed E-state index contributed by atoms with van der Waals surface area (Å²) in [4.78, 5) is 30.9. The van der Waals surface area contributed by atoms with Crippen molar-refractivity contribution in [2.45, 2.75) is 0 Å². The fourth-order valence-electron chi connectivity index (χ4n) is 2.25. The van der Waals surface area contributed by atoms with Crippen molar-refractivity contribution >= 4 is 49.4 Å². The van der Waals surface area contributed by atoms with E-state index in [1.807, 2.05) is 0 Å². The molecule has 2 aromatic heterocycles. The number of benzene rings is 2. The van der Waals surface area contributed by atoms with E-state index in [1.165, 1.54) is 29.9 Å². The zero-order valence-electron chi connectivity index (χ0n) is 11.9. The monoisotopic (exact) mass is 340 g/mol. The minimum atomic E-state index is -0.468. The molecule has 0 aliphatic carbocycles. The molecule has 24 heavy (non-hydrogen) atoms. The Hall–Kier alpha value is -3.33. The molecule has 2 heterocycles. The van der Waals surface area contributed by atoms with E-state index in [4.69, 9.17) is 4.42 Å². The van der Waals surface area contributed by atoms with Crippen LogP contribution in [0.25, 0.3) is 21.3 Å². The summed E-state index contributed by atoms with van der Waals surface area (Å²) in [5.41, 5.74) is 2.18. The fraction of sp³-hybridized carbons (Fsp3) is 0. The van der Waals surface area contributed by atoms with Gasteiger partial charge in [0.15, 0.2) is 17.1 Å². The number of amides is 1. The minimum Gasteiger partial charge on any atom is -0.443 e. The van der Waals surface area contributed by atoms with Gasteiger partial charge in [-0.05, 0) is 24.3 Å². The minimum absolute atomic E-state index is 0.0134. The number of hydrogen-bond acceptors (Lipinski definition) is 7. The van der Waals surface area contributed by atoms with E-state index in [1.54, 1.807) is 24.3 Å². The Morgan fingerprint density at radius 2 is 2.08 bits per heavy atom. The van der Waals surface area contributed by atoms with E-state index in [-0.39, 0.29) is 11.6 Å². The highest BCUT2D eigenvalue weighted by atomic mass is 32.1. The zero-order valence-corrected chi connectivity index (χ0v) is 12.7. The van der Waals surface area contributed by atoms with E-state index >= 15 is 0 Å². The van der Waals surface area contributed by atoms with Gasteiger partial charge in [-0.2, -0.15) is 0 Å². The maximum atomic E-state index is 12.3. The van der Waals surface area contributed by atoms with Gasteiger partial charge in [0.2, 0.25) is 0 Å². The van der Waals surface area contributed by atoms with Gasteiger partial charge < -0.3 is 4.42 Å². The zero-order chi connectivity index (χ0) is 16.7. The van der Waals surface area contributed by atoms with Crippen molar-refractivity contribution in [1.82, 2.24) is 9.97 Å². The van der Waals surface area contributed by atoms with Crippen LogP contribution in [0.3, 0.4) is 0 Å². The molecule has 4 rings (SSSR count). The van der Waals surface area contributed by atoms with Crippen molar-refractivity contribution < 1.29 is 14.1 Å². The molecule has 0 aliphatic rings. The van der Waals surface area contributed by atoms with Crippen LogP contribution in [-0.4, -0.2) is 20.8 Å². The van der Waals surface area contributed by atoms with Gasteiger partial charge in [0.25, 0.3) is 11.6 Å². The molecule has 0 saturated heterocycles. The highest BCUT2D eigenvalue weighted by Crippen LogP contribution is 2.29. The van der Waals surface area contributed by atoms with Crippen molar-refractivity contribution in [3.8, 4) is 0 Å². The van der Waals surface area contributed by atoms with Gasteiger partial charge in [-0.1, -0.05) is 11.3 Å². The fourth-order valence-corrected chi connectivity index (χ4v) is 3.14. The second-order valence-electron chi connectivity index (χ2n) is 4.92. The molecule has 1 amide bonds. The first-order chi connectivity index (χ1) is 11.6. The largest absolute Gasteiger partial charge is 0.443 e. The molecule has 1 N–H and O–H groups in total. The maximum Gasteiger partial charge on any atom is 0.270 e. The molecule has 0 radical (unpaired) electrons. The summed E-state index contributed by atoms with van der Waals surface area (Å²) in [6.45, 7) is 0. The molecular weight excluding hydrogens is 332 g/mol. The number of hydrogen-bond donors (Lipinski definition) is 1. The molecule has 0 fully saturated rings. The van der Waals surface area contributed by atoms with E-state index in [0.717, 1.165) is 0 Å². The van der Waals surface area contributed by atoms with Crippen LogP contribution in [0.2, 0.25) is 0 Å². The number of nitro groups is 1. The van der Waals surface area contributed by atoms with Gasteiger partial charge in [-0.15, -0.1) is 0 Å². The lowest BCUT2D eigenvalue weighted by Gasteiger charge is -2.00. The third kappa shape index (κ3) is 2.46. The summed E-state index contributed by atoms with van der Waals surface area (Å²) >= 11 is 1.18. The molecule has 4 aromatic rings. The highest BCUT2D eigenvalue weighted by Gasteiger charge is 2.13. The number of nitrogens with one attached hydrogen (secondary N) is 1. The van der Waals surface area contributed by atoms with Crippen LogP contribution in [-0.2, 0) is 0 Å². The molecule has 8 nitrogen and oxygen atoms in total. The number of aromatic nitrogens is 2. The predicted octanol–water partition coefficient (Wildman–Crippen LogP) is 3.60. The van der Waals surface area contributed by atoms with Crippen LogP contribution in [0.1, 0.15) is 10.4 Å². The van der Waals surface area contributed by atoms with Crippen molar-refractivity contribution in [2.75, 3.05) is 5.32 Å². The van der Waals surface area contributed by atoms with Crippen LogP contribution in [0.15, 0.2) is 47.2 Å². The van der Waals surface area contributed by atoms with Crippen molar-refractivity contribution in [1.29, 1.82) is 0 Å². The number of nitrogens with zero attached hydrogens (tertiary/aromatic N) is 3. The van der Waals surface area contributed by atoms with Gasteiger partial charge in [0, 0.05) is 17.7 Å². The first-order valence-electron chi connectivity index (χ1n) is 6.80. The molecule has 2 aromatic carbocycles. The van der Waals surface area contributed by atoms with Crippen LogP contribution >= 0.6 is 11.3 Å². The number of carbonyl (C=O) groups is 1. The van der Waals surface area contributed by atoms with Crippen LogP contribution in [0.5, 0.6) is 0 Å². The van der Waals surface area contributed by atoms with Crippen LogP contribution in [0, 0.1) is 10.1 Å². The summed E-state index contributed by atoms with van der Waals surface area (Å²) in [5, 5.41) is 13.9. The lowest BCUT2D eigenvalue weighted by atomic mass is 10.2. The van der Waals surface area contributed by atoms with E-state index in [9.17, 15) is 14.9 Å². The quantitative estimate of drug-likeness (QED) is 0.450. The number of anilines is 1. The molecule has 0 aliphatic heterocycles. The summed E-state index contributed by atoms with van der Waals surface area (Å²) in [5.74, 6) is -0.339. The third-order valence-corrected chi connectivity index (χ3v) is 4.33. The second-order valence-corrected chi connectivity index (χ2v) is 5.95. The molecule has 0 bridgehead atoms. The Morgan fingerprint density at radius 1 is 1.21 bits per heavy atom. The van der Waals surface area contributed by atoms with Crippen LogP contribution < -0.4 is 5.32 Å². The Labute approximate surface area is 137 Å². The number of thiazole rings is 1. The molecule has 0 spiro atoms. The molecule has 9 heteroatoms. The number of carbonyl (C=O) groups excluding carboxylic acids is 1. The number of oxazole rings is 1. The summed E-state index contributed by atoms with van der Waals surface area (Å²) in [6, 6.07) is 9.28. The Kier molecular flexibility index (Phi) is 3.21. The number of rotatable bonds is 3. The van der Waals surface area contributed by atoms with Crippen molar-refractivity contribution in [3.05, 3.63) is 58.5 Å². The number of non-ortho nitro benzene ring substituents is 1. The van der Waals surface area contributed by atoms with E-state index in [2.05, 4.69) is 15.3 Å². The first-order valence-corrected chi connectivity index (χ1v) is 7.61. The first kappa shape index (κ1) is 14.3. The van der Waals surface area contributed by atoms with Crippen molar-refractivity contribution in [2.24, 2.45) is 0 Å². The third-order valence-electron chi connectivity index (χ3n) is 3.40. The maximum absolute atomic E-state index is 12.3. The SMILES string of the molecule is O=C(Nc1nc2ccc([N+](=O)[O-])cc2s1)c1ccc2ocnc2c1. The lowest BCUT2D eigenvalue weighted by Crippen LogP contribution is -2.11. The summed E-state index contributed by atoms with van der Waals surface area (Å²) in [7, 11) is 0. The number of nitro benzene ring substituents is 1. The standard InChI is InChI=1S/C15H8N4O4S/c20-14(8-1-4-12-11(5-8)16-7-23-12)18-15-17-10-3-2-9(19(21)22)6-13(10)24-15/h1-7H,(H,17,18,20). The molecular formula is C15H8N4O4S. The van der Waals surface area contributed by atoms with Crippen LogP contribution in [0.4, 0.5) is 10.8 Å². The average Bonchev–Trinajstić information content (AvgIpc) is 3.18. The molecule has 0 saturated carbocycles. The summed E-state index contributed by atoms with van der Waals surface area (Å²) < 4.78 is 5.76. The van der Waals surface area contributed by atoms with E-state index in [0.29, 0.717) is 32.0 Å². The van der Waals surface area contributed by atoms with Gasteiger partial charge in [0.1, 0.15) is 5.52 Å². The number of fused-ring (bicyclic) bond motifs is 2.